The Hall–Kier alpha value is -2.55. The van der Waals surface area contributed by atoms with Crippen molar-refractivity contribution in [2.45, 2.75) is 44.6 Å². The standard InChI is InChI=1S/C18H22N4O2/c1-24-18(23)15-11-21-17-14(7-9-20-17)16(15)22-13-6-2-4-12(10-13)5-3-8-19/h7,9,11-13H,2-6,10H2,1H3,(H2,20,21,22)/t12-,13-/m1/s1. The van der Waals surface area contributed by atoms with Crippen molar-refractivity contribution in [3.05, 3.63) is 24.0 Å². The minimum atomic E-state index is -0.384. The highest BCUT2D eigenvalue weighted by atomic mass is 16.5. The van der Waals surface area contributed by atoms with Crippen molar-refractivity contribution >= 4 is 22.7 Å². The number of aromatic nitrogens is 2. The monoisotopic (exact) mass is 326 g/mol. The quantitative estimate of drug-likeness (QED) is 0.819. The summed E-state index contributed by atoms with van der Waals surface area (Å²) in [6.07, 6.45) is 9.36. The molecule has 24 heavy (non-hydrogen) atoms. The molecule has 126 valence electrons. The fourth-order valence-electron chi connectivity index (χ4n) is 3.59. The second-order valence-corrected chi connectivity index (χ2v) is 6.35. The zero-order valence-electron chi connectivity index (χ0n) is 13.8. The molecule has 2 heterocycles. The van der Waals surface area contributed by atoms with E-state index in [9.17, 15) is 4.79 Å². The number of esters is 1. The molecule has 0 radical (unpaired) electrons. The molecule has 2 aromatic rings. The molecule has 2 atom stereocenters. The average Bonchev–Trinajstić information content (AvgIpc) is 3.09. The summed E-state index contributed by atoms with van der Waals surface area (Å²) < 4.78 is 4.90. The van der Waals surface area contributed by atoms with E-state index < -0.39 is 0 Å². The van der Waals surface area contributed by atoms with Gasteiger partial charge in [0.25, 0.3) is 0 Å². The molecule has 6 heteroatoms. The number of nitrogens with zero attached hydrogens (tertiary/aromatic N) is 2. The van der Waals surface area contributed by atoms with Crippen LogP contribution in [-0.2, 0) is 4.74 Å². The van der Waals surface area contributed by atoms with Gasteiger partial charge < -0.3 is 15.0 Å². The van der Waals surface area contributed by atoms with Gasteiger partial charge in [0, 0.05) is 30.2 Å². The van der Waals surface area contributed by atoms with Crippen LogP contribution in [0.15, 0.2) is 18.5 Å². The lowest BCUT2D eigenvalue weighted by Gasteiger charge is -2.30. The molecule has 1 aliphatic rings. The summed E-state index contributed by atoms with van der Waals surface area (Å²) in [6.45, 7) is 0. The third kappa shape index (κ3) is 3.35. The number of nitrogens with one attached hydrogen (secondary N) is 2. The van der Waals surface area contributed by atoms with Crippen molar-refractivity contribution in [2.75, 3.05) is 12.4 Å². The molecule has 0 bridgehead atoms. The molecule has 6 nitrogen and oxygen atoms in total. The molecule has 0 aliphatic heterocycles. The predicted molar refractivity (Wildman–Crippen MR) is 91.6 cm³/mol. The van der Waals surface area contributed by atoms with E-state index in [2.05, 4.69) is 21.4 Å². The van der Waals surface area contributed by atoms with Crippen LogP contribution in [-0.4, -0.2) is 29.1 Å². The fourth-order valence-corrected chi connectivity index (χ4v) is 3.59. The van der Waals surface area contributed by atoms with Crippen molar-refractivity contribution in [1.29, 1.82) is 5.26 Å². The van der Waals surface area contributed by atoms with Crippen LogP contribution >= 0.6 is 0 Å². The third-order valence-corrected chi connectivity index (χ3v) is 4.79. The Kier molecular flexibility index (Phi) is 4.99. The number of ether oxygens (including phenoxy) is 1. The molecular formula is C18H22N4O2. The number of methoxy groups -OCH3 is 1. The third-order valence-electron chi connectivity index (χ3n) is 4.79. The summed E-state index contributed by atoms with van der Waals surface area (Å²) in [4.78, 5) is 19.5. The van der Waals surface area contributed by atoms with Crippen molar-refractivity contribution in [2.24, 2.45) is 5.92 Å². The van der Waals surface area contributed by atoms with Crippen LogP contribution in [0.25, 0.3) is 11.0 Å². The normalized spacial score (nSPS) is 20.5. The van der Waals surface area contributed by atoms with Gasteiger partial charge in [0.15, 0.2) is 0 Å². The number of fused-ring (bicyclic) bond motifs is 1. The molecule has 2 aromatic heterocycles. The first kappa shape index (κ1) is 16.3. The summed E-state index contributed by atoms with van der Waals surface area (Å²) in [6, 6.07) is 4.46. The Bertz CT molecular complexity index is 762. The van der Waals surface area contributed by atoms with Gasteiger partial charge in [-0.05, 0) is 31.2 Å². The van der Waals surface area contributed by atoms with Gasteiger partial charge in [-0.25, -0.2) is 9.78 Å². The van der Waals surface area contributed by atoms with Gasteiger partial charge in [-0.3, -0.25) is 0 Å². The van der Waals surface area contributed by atoms with Gasteiger partial charge in [0.1, 0.15) is 11.2 Å². The van der Waals surface area contributed by atoms with E-state index in [1.54, 1.807) is 6.20 Å². The first-order chi connectivity index (χ1) is 11.7. The summed E-state index contributed by atoms with van der Waals surface area (Å²) in [7, 11) is 1.38. The van der Waals surface area contributed by atoms with E-state index in [0.29, 0.717) is 23.9 Å². The Labute approximate surface area is 141 Å². The SMILES string of the molecule is COC(=O)c1cnc2[nH]ccc2c1N[C@@H]1CCC[C@H](CCC#N)C1. The molecule has 0 saturated heterocycles. The van der Waals surface area contributed by atoms with Crippen LogP contribution in [0, 0.1) is 17.2 Å². The van der Waals surface area contributed by atoms with Crippen LogP contribution in [0.3, 0.4) is 0 Å². The maximum absolute atomic E-state index is 12.1. The van der Waals surface area contributed by atoms with Gasteiger partial charge in [-0.2, -0.15) is 5.26 Å². The number of aromatic amines is 1. The van der Waals surface area contributed by atoms with Gasteiger partial charge in [-0.15, -0.1) is 0 Å². The fraction of sp³-hybridized carbons (Fsp3) is 0.500. The maximum atomic E-state index is 12.1. The summed E-state index contributed by atoms with van der Waals surface area (Å²) in [5.41, 5.74) is 2.00. The number of hydrogen-bond donors (Lipinski definition) is 2. The Morgan fingerprint density at radius 2 is 2.42 bits per heavy atom. The number of hydrogen-bond acceptors (Lipinski definition) is 5. The van der Waals surface area contributed by atoms with E-state index >= 15 is 0 Å². The highest BCUT2D eigenvalue weighted by Crippen LogP contribution is 2.33. The molecule has 0 aromatic carbocycles. The van der Waals surface area contributed by atoms with E-state index in [0.717, 1.165) is 42.4 Å². The molecule has 1 aliphatic carbocycles. The van der Waals surface area contributed by atoms with E-state index in [-0.39, 0.29) is 5.97 Å². The lowest BCUT2D eigenvalue weighted by atomic mass is 9.83. The zero-order valence-corrected chi connectivity index (χ0v) is 13.8. The molecule has 1 saturated carbocycles. The van der Waals surface area contributed by atoms with Crippen molar-refractivity contribution in [3.8, 4) is 6.07 Å². The topological polar surface area (TPSA) is 90.8 Å². The van der Waals surface area contributed by atoms with Crippen LogP contribution in [0.5, 0.6) is 0 Å². The number of carbonyl (C=O) groups excluding carboxylic acids is 1. The summed E-state index contributed by atoms with van der Waals surface area (Å²) in [5.74, 6) is 0.186. The van der Waals surface area contributed by atoms with Crippen LogP contribution < -0.4 is 5.32 Å². The van der Waals surface area contributed by atoms with Crippen molar-refractivity contribution in [3.63, 3.8) is 0 Å². The number of anilines is 1. The summed E-state index contributed by atoms with van der Waals surface area (Å²) >= 11 is 0. The number of nitriles is 1. The second kappa shape index (κ2) is 7.35. The second-order valence-electron chi connectivity index (χ2n) is 6.35. The summed E-state index contributed by atoms with van der Waals surface area (Å²) in [5, 5.41) is 13.2. The van der Waals surface area contributed by atoms with Gasteiger partial charge in [0.2, 0.25) is 0 Å². The average molecular weight is 326 g/mol. The van der Waals surface area contributed by atoms with Crippen molar-refractivity contribution < 1.29 is 9.53 Å². The molecule has 0 spiro atoms. The van der Waals surface area contributed by atoms with Crippen LogP contribution in [0.4, 0.5) is 5.69 Å². The lowest BCUT2D eigenvalue weighted by Crippen LogP contribution is -2.28. The highest BCUT2D eigenvalue weighted by molar-refractivity contribution is 6.04. The maximum Gasteiger partial charge on any atom is 0.341 e. The highest BCUT2D eigenvalue weighted by Gasteiger charge is 2.24. The van der Waals surface area contributed by atoms with Gasteiger partial charge >= 0.3 is 5.97 Å². The Balaban J connectivity index is 1.84. The smallest absolute Gasteiger partial charge is 0.341 e. The number of pyridine rings is 1. The minimum Gasteiger partial charge on any atom is -0.465 e. The number of H-pyrrole nitrogens is 1. The number of rotatable bonds is 5. The molecule has 2 N–H and O–H groups in total. The zero-order chi connectivity index (χ0) is 16.9. The van der Waals surface area contributed by atoms with Crippen LogP contribution in [0.2, 0.25) is 0 Å². The van der Waals surface area contributed by atoms with Crippen LogP contribution in [0.1, 0.15) is 48.9 Å². The Morgan fingerprint density at radius 3 is 3.21 bits per heavy atom. The van der Waals surface area contributed by atoms with Gasteiger partial charge in [0.05, 0.1) is 18.9 Å². The van der Waals surface area contributed by atoms with Gasteiger partial charge in [-0.1, -0.05) is 12.8 Å². The minimum absolute atomic E-state index is 0.298. The van der Waals surface area contributed by atoms with E-state index in [1.165, 1.54) is 13.5 Å². The molecule has 0 unspecified atom stereocenters. The first-order valence-corrected chi connectivity index (χ1v) is 8.40. The lowest BCUT2D eigenvalue weighted by molar-refractivity contribution is 0.0601. The van der Waals surface area contributed by atoms with E-state index in [4.69, 9.17) is 10.00 Å². The van der Waals surface area contributed by atoms with Crippen molar-refractivity contribution in [1.82, 2.24) is 9.97 Å². The Morgan fingerprint density at radius 1 is 1.54 bits per heavy atom. The largest absolute Gasteiger partial charge is 0.465 e. The first-order valence-electron chi connectivity index (χ1n) is 8.40. The predicted octanol–water partition coefficient (Wildman–Crippen LogP) is 3.62. The molecule has 0 amide bonds. The molecule has 1 fully saturated rings. The molecule has 3 rings (SSSR count). The molecular weight excluding hydrogens is 304 g/mol. The van der Waals surface area contributed by atoms with E-state index in [1.807, 2.05) is 12.3 Å². The number of carbonyl (C=O) groups is 1.